The van der Waals surface area contributed by atoms with E-state index in [0.29, 0.717) is 0 Å². The molecule has 150 valence electrons. The summed E-state index contributed by atoms with van der Waals surface area (Å²) in [5, 5.41) is 0. The lowest BCUT2D eigenvalue weighted by Gasteiger charge is -2.08. The van der Waals surface area contributed by atoms with Gasteiger partial charge in [0.15, 0.2) is 0 Å². The molecule has 0 aliphatic heterocycles. The van der Waals surface area contributed by atoms with Crippen LogP contribution >= 0.6 is 0 Å². The summed E-state index contributed by atoms with van der Waals surface area (Å²) in [5.41, 5.74) is 3.21. The number of rotatable bonds is 12. The Labute approximate surface area is 168 Å². The minimum absolute atomic E-state index is 0.356. The summed E-state index contributed by atoms with van der Waals surface area (Å²) in [5.74, 6) is 0.548. The number of ether oxygens (including phenoxy) is 3. The second-order valence-electron chi connectivity index (χ2n) is 6.61. The molecule has 4 nitrogen and oxygen atoms in total. The zero-order chi connectivity index (χ0) is 20.0. The van der Waals surface area contributed by atoms with E-state index in [2.05, 4.69) is 16.9 Å². The molecule has 0 aliphatic carbocycles. The third kappa shape index (κ3) is 7.97. The van der Waals surface area contributed by atoms with Crippen molar-refractivity contribution in [3.63, 3.8) is 0 Å². The summed E-state index contributed by atoms with van der Waals surface area (Å²) in [7, 11) is 3.12. The Bertz CT molecular complexity index is 717. The van der Waals surface area contributed by atoms with Crippen molar-refractivity contribution < 1.29 is 19.0 Å². The summed E-state index contributed by atoms with van der Waals surface area (Å²) in [6.45, 7) is 1.61. The normalized spacial score (nSPS) is 10.9. The van der Waals surface area contributed by atoms with Gasteiger partial charge in [0.1, 0.15) is 5.75 Å². The summed E-state index contributed by atoms with van der Waals surface area (Å²) < 4.78 is 15.5. The van der Waals surface area contributed by atoms with Gasteiger partial charge in [-0.05, 0) is 47.7 Å². The van der Waals surface area contributed by atoms with E-state index >= 15 is 0 Å². The first-order valence-corrected chi connectivity index (χ1v) is 9.81. The predicted octanol–water partition coefficient (Wildman–Crippen LogP) is 5.52. The molecule has 0 fully saturated rings. The average molecular weight is 383 g/mol. The van der Waals surface area contributed by atoms with Crippen LogP contribution in [0.3, 0.4) is 0 Å². The van der Waals surface area contributed by atoms with Crippen molar-refractivity contribution in [3.05, 3.63) is 60.2 Å². The van der Waals surface area contributed by atoms with Gasteiger partial charge < -0.3 is 14.2 Å². The quantitative estimate of drug-likeness (QED) is 0.276. The molecule has 2 aromatic carbocycles. The Morgan fingerprint density at radius 1 is 0.786 bits per heavy atom. The maximum atomic E-state index is 11.1. The van der Waals surface area contributed by atoms with E-state index in [0.717, 1.165) is 48.5 Å². The standard InChI is InChI=1S/C24H30O4/c1-26-18-6-4-3-5-7-19-28-23-15-13-22(14-16-23)21-11-8-20(9-12-21)10-17-24(25)27-2/h8-17H,3-7,18-19H2,1-2H3/b17-10+. The number of carbonyl (C=O) groups is 1. The summed E-state index contributed by atoms with van der Waals surface area (Å²) in [6.07, 6.45) is 9.02. The van der Waals surface area contributed by atoms with E-state index in [1.165, 1.54) is 32.4 Å². The fourth-order valence-corrected chi connectivity index (χ4v) is 2.83. The van der Waals surface area contributed by atoms with Gasteiger partial charge in [-0.3, -0.25) is 0 Å². The van der Waals surface area contributed by atoms with Crippen molar-refractivity contribution >= 4 is 12.0 Å². The average Bonchev–Trinajstić information content (AvgIpc) is 2.74. The summed E-state index contributed by atoms with van der Waals surface area (Å²) in [4.78, 5) is 11.1. The van der Waals surface area contributed by atoms with Crippen LogP contribution in [0.25, 0.3) is 17.2 Å². The Morgan fingerprint density at radius 2 is 1.36 bits per heavy atom. The second-order valence-corrected chi connectivity index (χ2v) is 6.61. The number of carbonyl (C=O) groups excluding carboxylic acids is 1. The van der Waals surface area contributed by atoms with Crippen LogP contribution in [0.5, 0.6) is 5.75 Å². The molecule has 0 N–H and O–H groups in total. The zero-order valence-corrected chi connectivity index (χ0v) is 16.9. The highest BCUT2D eigenvalue weighted by molar-refractivity contribution is 5.87. The Morgan fingerprint density at radius 3 is 1.96 bits per heavy atom. The Balaban J connectivity index is 1.76. The molecule has 0 amide bonds. The van der Waals surface area contributed by atoms with E-state index in [1.807, 2.05) is 36.4 Å². The van der Waals surface area contributed by atoms with Gasteiger partial charge in [0.2, 0.25) is 0 Å². The lowest BCUT2D eigenvalue weighted by molar-refractivity contribution is -0.134. The van der Waals surface area contributed by atoms with Gasteiger partial charge >= 0.3 is 5.97 Å². The number of hydrogen-bond acceptors (Lipinski definition) is 4. The Hall–Kier alpha value is -2.59. The van der Waals surface area contributed by atoms with Crippen LogP contribution in [-0.4, -0.2) is 33.4 Å². The Kier molecular flexibility index (Phi) is 9.87. The van der Waals surface area contributed by atoms with Gasteiger partial charge in [0.05, 0.1) is 13.7 Å². The topological polar surface area (TPSA) is 44.8 Å². The fraction of sp³-hybridized carbons (Fsp3) is 0.375. The molecule has 0 aliphatic rings. The zero-order valence-electron chi connectivity index (χ0n) is 16.9. The van der Waals surface area contributed by atoms with Crippen molar-refractivity contribution in [2.75, 3.05) is 27.4 Å². The molecule has 0 bridgehead atoms. The highest BCUT2D eigenvalue weighted by atomic mass is 16.5. The third-order valence-electron chi connectivity index (χ3n) is 4.47. The smallest absolute Gasteiger partial charge is 0.330 e. The molecule has 0 radical (unpaired) electrons. The SMILES string of the molecule is COCCCCCCCOc1ccc(-c2ccc(/C=C/C(=O)OC)cc2)cc1. The first-order chi connectivity index (χ1) is 13.7. The van der Waals surface area contributed by atoms with E-state index in [9.17, 15) is 4.79 Å². The number of esters is 1. The largest absolute Gasteiger partial charge is 0.494 e. The molecule has 0 aromatic heterocycles. The fourth-order valence-electron chi connectivity index (χ4n) is 2.83. The van der Waals surface area contributed by atoms with Crippen molar-refractivity contribution in [1.29, 1.82) is 0 Å². The predicted molar refractivity (Wildman–Crippen MR) is 113 cm³/mol. The van der Waals surface area contributed by atoms with Crippen LogP contribution in [0.15, 0.2) is 54.6 Å². The van der Waals surface area contributed by atoms with E-state index in [1.54, 1.807) is 13.2 Å². The molecule has 4 heteroatoms. The van der Waals surface area contributed by atoms with Crippen LogP contribution in [0.1, 0.15) is 37.7 Å². The monoisotopic (exact) mass is 382 g/mol. The van der Waals surface area contributed by atoms with Crippen LogP contribution in [0.2, 0.25) is 0 Å². The molecule has 2 rings (SSSR count). The van der Waals surface area contributed by atoms with E-state index in [-0.39, 0.29) is 5.97 Å². The van der Waals surface area contributed by atoms with E-state index < -0.39 is 0 Å². The third-order valence-corrected chi connectivity index (χ3v) is 4.47. The van der Waals surface area contributed by atoms with Gasteiger partial charge in [-0.1, -0.05) is 55.7 Å². The maximum absolute atomic E-state index is 11.1. The first-order valence-electron chi connectivity index (χ1n) is 9.81. The maximum Gasteiger partial charge on any atom is 0.330 e. The molecule has 0 atom stereocenters. The van der Waals surface area contributed by atoms with Gasteiger partial charge in [-0.2, -0.15) is 0 Å². The number of methoxy groups -OCH3 is 2. The molecule has 0 spiro atoms. The van der Waals surface area contributed by atoms with Crippen molar-refractivity contribution in [1.82, 2.24) is 0 Å². The van der Waals surface area contributed by atoms with Crippen molar-refractivity contribution in [2.45, 2.75) is 32.1 Å². The molecule has 0 saturated heterocycles. The molecule has 0 saturated carbocycles. The number of hydrogen-bond donors (Lipinski definition) is 0. The van der Waals surface area contributed by atoms with Crippen LogP contribution in [0.4, 0.5) is 0 Å². The lowest BCUT2D eigenvalue weighted by Crippen LogP contribution is -1.97. The van der Waals surface area contributed by atoms with Crippen LogP contribution in [0, 0.1) is 0 Å². The van der Waals surface area contributed by atoms with Crippen LogP contribution < -0.4 is 4.74 Å². The highest BCUT2D eigenvalue weighted by Crippen LogP contribution is 2.23. The minimum Gasteiger partial charge on any atom is -0.494 e. The number of unbranched alkanes of at least 4 members (excludes halogenated alkanes) is 4. The van der Waals surface area contributed by atoms with Gasteiger partial charge in [0.25, 0.3) is 0 Å². The highest BCUT2D eigenvalue weighted by Gasteiger charge is 2.00. The van der Waals surface area contributed by atoms with E-state index in [4.69, 9.17) is 9.47 Å². The van der Waals surface area contributed by atoms with Gasteiger partial charge in [-0.15, -0.1) is 0 Å². The number of benzene rings is 2. The molecule has 0 heterocycles. The molecule has 28 heavy (non-hydrogen) atoms. The van der Waals surface area contributed by atoms with Gasteiger partial charge in [0, 0.05) is 19.8 Å². The minimum atomic E-state index is -0.356. The first kappa shape index (κ1) is 21.7. The van der Waals surface area contributed by atoms with Crippen LogP contribution in [-0.2, 0) is 14.3 Å². The lowest BCUT2D eigenvalue weighted by atomic mass is 10.0. The summed E-state index contributed by atoms with van der Waals surface area (Å²) in [6, 6.07) is 16.2. The molecule has 0 unspecified atom stereocenters. The molecular formula is C24H30O4. The van der Waals surface area contributed by atoms with Crippen molar-refractivity contribution in [2.24, 2.45) is 0 Å². The van der Waals surface area contributed by atoms with Crippen molar-refractivity contribution in [3.8, 4) is 16.9 Å². The molecular weight excluding hydrogens is 352 g/mol. The van der Waals surface area contributed by atoms with Gasteiger partial charge in [-0.25, -0.2) is 4.79 Å². The molecule has 2 aromatic rings. The second kappa shape index (κ2) is 12.7. The summed E-state index contributed by atoms with van der Waals surface area (Å²) >= 11 is 0.